The van der Waals surface area contributed by atoms with Gasteiger partial charge in [0.1, 0.15) is 0 Å². The molecule has 28 heavy (non-hydrogen) atoms. The van der Waals surface area contributed by atoms with Gasteiger partial charge in [-0.3, -0.25) is 4.98 Å². The Kier molecular flexibility index (Phi) is 7.13. The van der Waals surface area contributed by atoms with Crippen LogP contribution < -0.4 is 10.1 Å². The summed E-state index contributed by atoms with van der Waals surface area (Å²) < 4.78 is 5.90. The number of hydrogen-bond acceptors (Lipinski definition) is 5. The van der Waals surface area contributed by atoms with Crippen molar-refractivity contribution in [1.29, 1.82) is 0 Å². The van der Waals surface area contributed by atoms with Crippen molar-refractivity contribution >= 4 is 17.7 Å². The summed E-state index contributed by atoms with van der Waals surface area (Å²) in [4.78, 5) is 12.9. The Morgan fingerprint density at radius 2 is 1.96 bits per heavy atom. The zero-order valence-corrected chi connectivity index (χ0v) is 16.4. The van der Waals surface area contributed by atoms with Gasteiger partial charge in [-0.2, -0.15) is 4.98 Å². The first-order valence-corrected chi connectivity index (χ1v) is 9.60. The molecule has 0 unspecified atom stereocenters. The minimum Gasteiger partial charge on any atom is -0.477 e. The fraction of sp³-hybridized carbons (Fsp3) is 0.261. The minimum absolute atomic E-state index is 0.537. The number of pyridine rings is 1. The molecule has 2 aromatic heterocycles. The molecule has 0 spiro atoms. The topological polar surface area (TPSA) is 59.9 Å². The van der Waals surface area contributed by atoms with E-state index >= 15 is 0 Å². The molecule has 0 saturated heterocycles. The van der Waals surface area contributed by atoms with Gasteiger partial charge >= 0.3 is 0 Å². The summed E-state index contributed by atoms with van der Waals surface area (Å²) in [6.45, 7) is 4.60. The van der Waals surface area contributed by atoms with E-state index in [1.165, 1.54) is 5.56 Å². The second kappa shape index (κ2) is 10.2. The van der Waals surface area contributed by atoms with E-state index in [-0.39, 0.29) is 0 Å². The van der Waals surface area contributed by atoms with E-state index in [1.54, 1.807) is 6.20 Å². The molecule has 2 heterocycles. The van der Waals surface area contributed by atoms with Crippen LogP contribution in [-0.2, 0) is 6.42 Å². The van der Waals surface area contributed by atoms with Crippen molar-refractivity contribution < 1.29 is 4.74 Å². The fourth-order valence-electron chi connectivity index (χ4n) is 2.82. The van der Waals surface area contributed by atoms with Gasteiger partial charge in [-0.15, -0.1) is 0 Å². The van der Waals surface area contributed by atoms with E-state index in [2.05, 4.69) is 50.6 Å². The van der Waals surface area contributed by atoms with Crippen molar-refractivity contribution in [2.45, 2.75) is 33.1 Å². The number of anilines is 2. The number of rotatable bonds is 9. The first-order chi connectivity index (χ1) is 13.7. The smallest absolute Gasteiger partial charge is 0.230 e. The van der Waals surface area contributed by atoms with Gasteiger partial charge < -0.3 is 10.1 Å². The number of ether oxygens (including phenoxy) is 1. The van der Waals surface area contributed by atoms with Gasteiger partial charge in [0.2, 0.25) is 11.8 Å². The molecule has 3 aromatic rings. The summed E-state index contributed by atoms with van der Waals surface area (Å²) in [5.74, 6) is 1.17. The number of aryl methyl sites for hydroxylation is 2. The number of unbranched alkanes of at least 4 members (excludes halogenated alkanes) is 1. The van der Waals surface area contributed by atoms with Crippen molar-refractivity contribution in [3.63, 3.8) is 0 Å². The number of nitrogens with zero attached hydrogens (tertiary/aromatic N) is 3. The molecular weight excluding hydrogens is 348 g/mol. The maximum atomic E-state index is 5.90. The lowest BCUT2D eigenvalue weighted by atomic mass is 10.1. The third-order valence-corrected chi connectivity index (χ3v) is 4.28. The number of allylic oxidation sites excluding steroid dienone is 1. The van der Waals surface area contributed by atoms with E-state index in [9.17, 15) is 0 Å². The first kappa shape index (κ1) is 19.5. The molecule has 0 saturated carbocycles. The average Bonchev–Trinajstić information content (AvgIpc) is 2.71. The number of hydrogen-bond donors (Lipinski definition) is 1. The largest absolute Gasteiger partial charge is 0.477 e. The summed E-state index contributed by atoms with van der Waals surface area (Å²) in [6, 6.07) is 12.2. The molecular formula is C23H26N4O. The molecule has 5 heteroatoms. The highest BCUT2D eigenvalue weighted by atomic mass is 16.5. The van der Waals surface area contributed by atoms with Crippen molar-refractivity contribution in [2.24, 2.45) is 0 Å². The van der Waals surface area contributed by atoms with Crippen molar-refractivity contribution in [3.05, 3.63) is 77.8 Å². The molecule has 5 nitrogen and oxygen atoms in total. The van der Waals surface area contributed by atoms with Crippen molar-refractivity contribution in [3.8, 4) is 5.88 Å². The predicted molar refractivity (Wildman–Crippen MR) is 114 cm³/mol. The highest BCUT2D eigenvalue weighted by Crippen LogP contribution is 2.20. The highest BCUT2D eigenvalue weighted by molar-refractivity contribution is 5.61. The van der Waals surface area contributed by atoms with E-state index in [1.807, 2.05) is 44.4 Å². The summed E-state index contributed by atoms with van der Waals surface area (Å²) in [6.07, 6.45) is 12.6. The van der Waals surface area contributed by atoms with Gasteiger partial charge in [0.25, 0.3) is 0 Å². The van der Waals surface area contributed by atoms with Crippen LogP contribution >= 0.6 is 0 Å². The molecule has 3 rings (SSSR count). The van der Waals surface area contributed by atoms with Crippen LogP contribution in [-0.4, -0.2) is 21.6 Å². The molecule has 0 bridgehead atoms. The van der Waals surface area contributed by atoms with Crippen molar-refractivity contribution in [1.82, 2.24) is 15.0 Å². The van der Waals surface area contributed by atoms with Crippen LogP contribution in [0.5, 0.6) is 5.88 Å². The monoisotopic (exact) mass is 374 g/mol. The van der Waals surface area contributed by atoms with Crippen LogP contribution in [0, 0.1) is 6.92 Å². The Hall–Kier alpha value is -3.21. The molecule has 0 aliphatic heterocycles. The van der Waals surface area contributed by atoms with E-state index < -0.39 is 0 Å². The standard InChI is InChI=1S/C23H26N4O/c1-3-7-20-9-6-10-21(16-20)26-23-25-17-18(2)22(27-23)28-15-5-4-8-19-11-13-24-14-12-19/h3,6-7,9-14,16-17H,4-5,8,15H2,1-2H3,(H,25,26,27). The summed E-state index contributed by atoms with van der Waals surface area (Å²) >= 11 is 0. The van der Waals surface area contributed by atoms with Gasteiger partial charge in [0.05, 0.1) is 6.61 Å². The molecule has 1 aromatic carbocycles. The molecule has 0 aliphatic rings. The fourth-order valence-corrected chi connectivity index (χ4v) is 2.82. The first-order valence-electron chi connectivity index (χ1n) is 9.60. The SMILES string of the molecule is CC=Cc1cccc(Nc2ncc(C)c(OCCCCc3ccncc3)n2)c1. The van der Waals surface area contributed by atoms with E-state index in [0.717, 1.165) is 36.1 Å². The predicted octanol–water partition coefficient (Wildman–Crippen LogP) is 5.36. The lowest BCUT2D eigenvalue weighted by Gasteiger charge is -2.11. The Labute approximate surface area is 166 Å². The van der Waals surface area contributed by atoms with Crippen LogP contribution in [0.3, 0.4) is 0 Å². The summed E-state index contributed by atoms with van der Waals surface area (Å²) in [5.41, 5.74) is 4.32. The van der Waals surface area contributed by atoms with Gasteiger partial charge in [-0.05, 0) is 68.5 Å². The van der Waals surface area contributed by atoms with Crippen LogP contribution in [0.1, 0.15) is 36.5 Å². The van der Waals surface area contributed by atoms with Crippen molar-refractivity contribution in [2.75, 3.05) is 11.9 Å². The van der Waals surface area contributed by atoms with Crippen LogP contribution in [0.15, 0.2) is 61.1 Å². The van der Waals surface area contributed by atoms with E-state index in [0.29, 0.717) is 18.4 Å². The second-order valence-corrected chi connectivity index (χ2v) is 6.59. The van der Waals surface area contributed by atoms with E-state index in [4.69, 9.17) is 4.74 Å². The molecule has 1 N–H and O–H groups in total. The van der Waals surface area contributed by atoms with Gasteiger partial charge in [0.15, 0.2) is 0 Å². The Morgan fingerprint density at radius 1 is 1.11 bits per heavy atom. The molecule has 0 radical (unpaired) electrons. The molecule has 0 fully saturated rings. The lowest BCUT2D eigenvalue weighted by molar-refractivity contribution is 0.293. The van der Waals surface area contributed by atoms with Gasteiger partial charge in [0, 0.05) is 29.8 Å². The Morgan fingerprint density at radius 3 is 2.79 bits per heavy atom. The molecule has 0 amide bonds. The second-order valence-electron chi connectivity index (χ2n) is 6.59. The highest BCUT2D eigenvalue weighted by Gasteiger charge is 2.06. The summed E-state index contributed by atoms with van der Waals surface area (Å²) in [5, 5.41) is 3.25. The Bertz CT molecular complexity index is 909. The molecule has 0 aliphatic carbocycles. The number of nitrogens with one attached hydrogen (secondary N) is 1. The lowest BCUT2D eigenvalue weighted by Crippen LogP contribution is -2.05. The normalized spacial score (nSPS) is 10.9. The quantitative estimate of drug-likeness (QED) is 0.511. The molecule has 0 atom stereocenters. The Balaban J connectivity index is 1.53. The van der Waals surface area contributed by atoms with Gasteiger partial charge in [-0.25, -0.2) is 4.98 Å². The third kappa shape index (κ3) is 5.91. The zero-order chi connectivity index (χ0) is 19.6. The maximum Gasteiger partial charge on any atom is 0.230 e. The zero-order valence-electron chi connectivity index (χ0n) is 16.4. The molecule has 144 valence electrons. The number of benzene rings is 1. The van der Waals surface area contributed by atoms with Gasteiger partial charge in [-0.1, -0.05) is 24.3 Å². The third-order valence-electron chi connectivity index (χ3n) is 4.28. The minimum atomic E-state index is 0.537. The van der Waals surface area contributed by atoms with Crippen LogP contribution in [0.25, 0.3) is 6.08 Å². The maximum absolute atomic E-state index is 5.90. The average molecular weight is 374 g/mol. The summed E-state index contributed by atoms with van der Waals surface area (Å²) in [7, 11) is 0. The number of aromatic nitrogens is 3. The van der Waals surface area contributed by atoms with Crippen LogP contribution in [0.2, 0.25) is 0 Å². The van der Waals surface area contributed by atoms with Crippen LogP contribution in [0.4, 0.5) is 11.6 Å².